The van der Waals surface area contributed by atoms with Crippen molar-refractivity contribution >= 4 is 0 Å². The molecule has 1 rings (SSSR count). The van der Waals surface area contributed by atoms with E-state index in [2.05, 4.69) is 19.2 Å². The number of aliphatic hydroxyl groups excluding tert-OH is 1. The molecule has 3 heteroatoms. The van der Waals surface area contributed by atoms with Crippen LogP contribution in [0.5, 0.6) is 5.75 Å². The summed E-state index contributed by atoms with van der Waals surface area (Å²) < 4.78 is 5.41. The van der Waals surface area contributed by atoms with Crippen LogP contribution in [0.1, 0.15) is 51.7 Å². The fraction of sp³-hybridized carbons (Fsp3) is 0.625. The van der Waals surface area contributed by atoms with Crippen molar-refractivity contribution in [3.05, 3.63) is 29.8 Å². The van der Waals surface area contributed by atoms with Crippen LogP contribution in [0.4, 0.5) is 0 Å². The summed E-state index contributed by atoms with van der Waals surface area (Å²) in [5.41, 5.74) is 0.944. The summed E-state index contributed by atoms with van der Waals surface area (Å²) in [5.74, 6) is 0.852. The van der Waals surface area contributed by atoms with Crippen LogP contribution in [0.2, 0.25) is 0 Å². The number of hydrogen-bond acceptors (Lipinski definition) is 3. The van der Waals surface area contributed by atoms with Crippen molar-refractivity contribution in [2.45, 2.75) is 52.2 Å². The summed E-state index contributed by atoms with van der Waals surface area (Å²) in [5, 5.41) is 13.8. The van der Waals surface area contributed by atoms with E-state index in [4.69, 9.17) is 4.74 Å². The van der Waals surface area contributed by atoms with Crippen LogP contribution in [-0.4, -0.2) is 24.3 Å². The van der Waals surface area contributed by atoms with Gasteiger partial charge < -0.3 is 15.2 Å². The molecule has 0 aliphatic heterocycles. The average Bonchev–Trinajstić information content (AvgIpc) is 2.44. The minimum absolute atomic E-state index is 0.115. The number of aliphatic hydroxyl groups is 1. The van der Waals surface area contributed by atoms with E-state index >= 15 is 0 Å². The molecule has 0 bridgehead atoms. The smallest absolute Gasteiger partial charge is 0.119 e. The van der Waals surface area contributed by atoms with Crippen LogP contribution >= 0.6 is 0 Å². The third kappa shape index (κ3) is 5.21. The summed E-state index contributed by atoms with van der Waals surface area (Å²) in [4.78, 5) is 0. The third-order valence-electron chi connectivity index (χ3n) is 3.29. The van der Waals surface area contributed by atoms with E-state index in [-0.39, 0.29) is 6.04 Å². The molecule has 1 aromatic carbocycles. The molecule has 19 heavy (non-hydrogen) atoms. The number of ether oxygens (including phenoxy) is 1. The molecule has 0 saturated carbocycles. The Morgan fingerprint density at radius 1 is 1.16 bits per heavy atom. The average molecular weight is 265 g/mol. The van der Waals surface area contributed by atoms with Crippen molar-refractivity contribution < 1.29 is 9.84 Å². The van der Waals surface area contributed by atoms with Crippen LogP contribution in [0.15, 0.2) is 24.3 Å². The maximum atomic E-state index is 10.4. The number of hydrogen-bond donors (Lipinski definition) is 2. The van der Waals surface area contributed by atoms with Gasteiger partial charge >= 0.3 is 0 Å². The van der Waals surface area contributed by atoms with Crippen molar-refractivity contribution in [2.75, 3.05) is 13.2 Å². The normalized spacial score (nSPS) is 14.1. The molecule has 0 amide bonds. The first-order valence-electron chi connectivity index (χ1n) is 7.37. The first-order chi connectivity index (χ1) is 9.22. The van der Waals surface area contributed by atoms with Gasteiger partial charge in [0.05, 0.1) is 12.7 Å². The molecule has 1 aromatic rings. The van der Waals surface area contributed by atoms with Gasteiger partial charge in [0.2, 0.25) is 0 Å². The Bertz CT molecular complexity index is 337. The molecule has 3 nitrogen and oxygen atoms in total. The number of benzene rings is 1. The van der Waals surface area contributed by atoms with E-state index in [0.29, 0.717) is 6.61 Å². The highest BCUT2D eigenvalue weighted by atomic mass is 16.5. The Hall–Kier alpha value is -1.06. The second-order valence-corrected chi connectivity index (χ2v) is 4.77. The Morgan fingerprint density at radius 3 is 2.37 bits per heavy atom. The van der Waals surface area contributed by atoms with Crippen LogP contribution in [0, 0.1) is 0 Å². The van der Waals surface area contributed by atoms with Crippen LogP contribution in [-0.2, 0) is 0 Å². The van der Waals surface area contributed by atoms with E-state index in [0.717, 1.165) is 30.7 Å². The molecule has 0 aliphatic rings. The second-order valence-electron chi connectivity index (χ2n) is 4.77. The Balaban J connectivity index is 2.60. The van der Waals surface area contributed by atoms with Gasteiger partial charge in [-0.05, 0) is 44.0 Å². The van der Waals surface area contributed by atoms with Crippen LogP contribution in [0.25, 0.3) is 0 Å². The molecule has 2 N–H and O–H groups in total. The fourth-order valence-corrected chi connectivity index (χ4v) is 2.10. The van der Waals surface area contributed by atoms with Gasteiger partial charge in [-0.3, -0.25) is 0 Å². The molecule has 2 unspecified atom stereocenters. The molecule has 0 radical (unpaired) electrons. The predicted octanol–water partition coefficient (Wildman–Crippen LogP) is 3.29. The standard InChI is InChI=1S/C16H27NO2/c1-4-7-12-17-15(5-2)16(18)13-8-10-14(11-9-13)19-6-3/h8-11,15-18H,4-7,12H2,1-3H3. The Labute approximate surface area is 117 Å². The van der Waals surface area contributed by atoms with E-state index in [1.54, 1.807) is 0 Å². The molecule has 0 aliphatic carbocycles. The highest BCUT2D eigenvalue weighted by molar-refractivity contribution is 5.29. The van der Waals surface area contributed by atoms with Crippen molar-refractivity contribution in [3.63, 3.8) is 0 Å². The number of unbranched alkanes of at least 4 members (excludes halogenated alkanes) is 1. The first kappa shape index (κ1) is 16.0. The second kappa shape index (κ2) is 8.94. The van der Waals surface area contributed by atoms with Gasteiger partial charge in [-0.2, -0.15) is 0 Å². The molecule has 0 saturated heterocycles. The van der Waals surface area contributed by atoms with Crippen LogP contribution < -0.4 is 10.1 Å². The van der Waals surface area contributed by atoms with Gasteiger partial charge in [0.15, 0.2) is 0 Å². The summed E-state index contributed by atoms with van der Waals surface area (Å²) in [6.07, 6.45) is 2.77. The van der Waals surface area contributed by atoms with E-state index in [1.165, 1.54) is 6.42 Å². The zero-order valence-corrected chi connectivity index (χ0v) is 12.4. The number of nitrogens with one attached hydrogen (secondary N) is 1. The lowest BCUT2D eigenvalue weighted by atomic mass is 10.00. The quantitative estimate of drug-likeness (QED) is 0.673. The van der Waals surface area contributed by atoms with Gasteiger partial charge in [-0.15, -0.1) is 0 Å². The molecule has 0 spiro atoms. The molecule has 0 heterocycles. The van der Waals surface area contributed by atoms with Crippen LogP contribution in [0.3, 0.4) is 0 Å². The van der Waals surface area contributed by atoms with Gasteiger partial charge in [-0.25, -0.2) is 0 Å². The molecular formula is C16H27NO2. The van der Waals surface area contributed by atoms with Crippen molar-refractivity contribution in [1.29, 1.82) is 0 Å². The topological polar surface area (TPSA) is 41.5 Å². The highest BCUT2D eigenvalue weighted by Gasteiger charge is 2.18. The molecule has 2 atom stereocenters. The largest absolute Gasteiger partial charge is 0.494 e. The maximum absolute atomic E-state index is 10.4. The monoisotopic (exact) mass is 265 g/mol. The lowest BCUT2D eigenvalue weighted by Gasteiger charge is -2.23. The lowest BCUT2D eigenvalue weighted by Crippen LogP contribution is -2.35. The fourth-order valence-electron chi connectivity index (χ4n) is 2.10. The minimum atomic E-state index is -0.461. The Morgan fingerprint density at radius 2 is 1.84 bits per heavy atom. The summed E-state index contributed by atoms with van der Waals surface area (Å²) in [7, 11) is 0. The molecule has 108 valence electrons. The first-order valence-corrected chi connectivity index (χ1v) is 7.37. The zero-order chi connectivity index (χ0) is 14.1. The Kier molecular flexibility index (Phi) is 7.53. The summed E-state index contributed by atoms with van der Waals surface area (Å²) >= 11 is 0. The predicted molar refractivity (Wildman–Crippen MR) is 79.6 cm³/mol. The van der Waals surface area contributed by atoms with Crippen molar-refractivity contribution in [3.8, 4) is 5.75 Å². The van der Waals surface area contributed by atoms with Gasteiger partial charge in [0.25, 0.3) is 0 Å². The summed E-state index contributed by atoms with van der Waals surface area (Å²) in [6, 6.07) is 7.84. The molecular weight excluding hydrogens is 238 g/mol. The van der Waals surface area contributed by atoms with Crippen molar-refractivity contribution in [1.82, 2.24) is 5.32 Å². The lowest BCUT2D eigenvalue weighted by molar-refractivity contribution is 0.126. The minimum Gasteiger partial charge on any atom is -0.494 e. The highest BCUT2D eigenvalue weighted by Crippen LogP contribution is 2.21. The summed E-state index contributed by atoms with van der Waals surface area (Å²) in [6.45, 7) is 7.86. The van der Waals surface area contributed by atoms with E-state index in [9.17, 15) is 5.11 Å². The molecule has 0 fully saturated rings. The van der Waals surface area contributed by atoms with E-state index < -0.39 is 6.10 Å². The SMILES string of the molecule is CCCCNC(CC)C(O)c1ccc(OCC)cc1. The molecule has 0 aromatic heterocycles. The number of rotatable bonds is 9. The van der Waals surface area contributed by atoms with Crippen molar-refractivity contribution in [2.24, 2.45) is 0 Å². The van der Waals surface area contributed by atoms with Gasteiger partial charge in [0, 0.05) is 6.04 Å². The van der Waals surface area contributed by atoms with E-state index in [1.807, 2.05) is 31.2 Å². The van der Waals surface area contributed by atoms with Gasteiger partial charge in [-0.1, -0.05) is 32.4 Å². The van der Waals surface area contributed by atoms with Gasteiger partial charge in [0.1, 0.15) is 5.75 Å². The maximum Gasteiger partial charge on any atom is 0.119 e. The third-order valence-corrected chi connectivity index (χ3v) is 3.29. The zero-order valence-electron chi connectivity index (χ0n) is 12.4.